The van der Waals surface area contributed by atoms with Crippen LogP contribution in [0.4, 0.5) is 4.39 Å². The molecule has 1 nitrogen and oxygen atoms in total. The van der Waals surface area contributed by atoms with Gasteiger partial charge in [-0.25, -0.2) is 4.39 Å². The predicted octanol–water partition coefficient (Wildman–Crippen LogP) is 4.65. The second kappa shape index (κ2) is 3.33. The normalized spacial score (nSPS) is 11.5. The zero-order valence-electron chi connectivity index (χ0n) is 10.1. The Morgan fingerprint density at radius 1 is 0.824 bits per heavy atom. The van der Waals surface area contributed by atoms with E-state index < -0.39 is 0 Å². The molecule has 86 valence electrons. The minimum Gasteiger partial charge on any atom is -0.453 e. The molecule has 0 spiro atoms. The van der Waals surface area contributed by atoms with Crippen LogP contribution in [0.3, 0.4) is 0 Å². The Morgan fingerprint density at radius 3 is 2.12 bits per heavy atom. The molecule has 0 unspecified atom stereocenters. The lowest BCUT2D eigenvalue weighted by atomic mass is 10.0. The van der Waals surface area contributed by atoms with Crippen LogP contribution in [-0.2, 0) is 0 Å². The molecule has 0 saturated carbocycles. The lowest BCUT2D eigenvalue weighted by Gasteiger charge is -1.98. The fourth-order valence-corrected chi connectivity index (χ4v) is 2.20. The first-order valence-corrected chi connectivity index (χ1v) is 5.67. The van der Waals surface area contributed by atoms with E-state index in [1.54, 1.807) is 13.0 Å². The molecule has 0 atom stereocenters. The van der Waals surface area contributed by atoms with Crippen molar-refractivity contribution in [2.75, 3.05) is 0 Å². The summed E-state index contributed by atoms with van der Waals surface area (Å²) in [4.78, 5) is 0. The number of aryl methyl sites for hydroxylation is 3. The number of fused-ring (bicyclic) bond motifs is 3. The van der Waals surface area contributed by atoms with Gasteiger partial charge in [0.15, 0.2) is 11.4 Å². The predicted molar refractivity (Wildman–Crippen MR) is 67.9 cm³/mol. The number of rotatable bonds is 0. The van der Waals surface area contributed by atoms with Gasteiger partial charge in [0.25, 0.3) is 0 Å². The van der Waals surface area contributed by atoms with E-state index in [2.05, 4.69) is 0 Å². The van der Waals surface area contributed by atoms with Crippen LogP contribution in [0.2, 0.25) is 0 Å². The molecule has 0 fully saturated rings. The summed E-state index contributed by atoms with van der Waals surface area (Å²) in [6.45, 7) is 5.79. The van der Waals surface area contributed by atoms with Gasteiger partial charge < -0.3 is 4.42 Å². The number of hydrogen-bond donors (Lipinski definition) is 0. The smallest absolute Gasteiger partial charge is 0.171 e. The largest absolute Gasteiger partial charge is 0.453 e. The summed E-state index contributed by atoms with van der Waals surface area (Å²) in [6.07, 6.45) is 0. The van der Waals surface area contributed by atoms with Crippen molar-refractivity contribution >= 4 is 21.9 Å². The monoisotopic (exact) mass is 228 g/mol. The molecule has 0 N–H and O–H groups in total. The number of furan rings is 1. The number of hydrogen-bond acceptors (Lipinski definition) is 1. The Bertz CT molecular complexity index is 675. The Balaban J connectivity index is 2.58. The highest BCUT2D eigenvalue weighted by Crippen LogP contribution is 2.34. The minimum absolute atomic E-state index is 0.254. The molecule has 0 bridgehead atoms. The summed E-state index contributed by atoms with van der Waals surface area (Å²) in [5.74, 6) is -0.254. The third kappa shape index (κ3) is 1.30. The molecule has 17 heavy (non-hydrogen) atoms. The van der Waals surface area contributed by atoms with E-state index in [1.807, 2.05) is 32.0 Å². The minimum atomic E-state index is -0.254. The average Bonchev–Trinajstić information content (AvgIpc) is 2.69. The first-order chi connectivity index (χ1) is 8.09. The molecule has 0 amide bonds. The van der Waals surface area contributed by atoms with Gasteiger partial charge >= 0.3 is 0 Å². The highest BCUT2D eigenvalue weighted by atomic mass is 19.1. The molecule has 0 aliphatic heterocycles. The Labute approximate surface area is 98.8 Å². The number of benzene rings is 2. The third-order valence-electron chi connectivity index (χ3n) is 3.46. The van der Waals surface area contributed by atoms with Crippen molar-refractivity contribution in [1.29, 1.82) is 0 Å². The van der Waals surface area contributed by atoms with Crippen molar-refractivity contribution in [2.24, 2.45) is 0 Å². The summed E-state index contributed by atoms with van der Waals surface area (Å²) in [6, 6.07) is 7.76. The van der Waals surface area contributed by atoms with Gasteiger partial charge in [-0.2, -0.15) is 0 Å². The van der Waals surface area contributed by atoms with Crippen molar-refractivity contribution in [2.45, 2.75) is 20.8 Å². The van der Waals surface area contributed by atoms with Crippen molar-refractivity contribution in [3.8, 4) is 0 Å². The van der Waals surface area contributed by atoms with Crippen molar-refractivity contribution in [1.82, 2.24) is 0 Å². The summed E-state index contributed by atoms with van der Waals surface area (Å²) in [5.41, 5.74) is 4.02. The van der Waals surface area contributed by atoms with E-state index in [1.165, 1.54) is 0 Å². The maximum Gasteiger partial charge on any atom is 0.171 e. The average molecular weight is 228 g/mol. The van der Waals surface area contributed by atoms with Gasteiger partial charge in [0.2, 0.25) is 0 Å². The zero-order chi connectivity index (χ0) is 12.2. The Morgan fingerprint density at radius 2 is 1.41 bits per heavy atom. The summed E-state index contributed by atoms with van der Waals surface area (Å²) in [5, 5.41) is 1.84. The summed E-state index contributed by atoms with van der Waals surface area (Å²) in [7, 11) is 0. The molecule has 0 saturated heterocycles. The highest BCUT2D eigenvalue weighted by molar-refractivity contribution is 6.06. The lowest BCUT2D eigenvalue weighted by molar-refractivity contribution is 0.577. The molecular formula is C15H13FO. The standard InChI is InChI=1S/C15H13FO/c1-8-4-6-11-12-7-5-9(2)13(16)15(12)17-14(11)10(8)3/h4-7H,1-3H3. The summed E-state index contributed by atoms with van der Waals surface area (Å²) < 4.78 is 19.7. The van der Waals surface area contributed by atoms with Crippen molar-refractivity contribution in [3.63, 3.8) is 0 Å². The van der Waals surface area contributed by atoms with E-state index in [0.29, 0.717) is 11.1 Å². The van der Waals surface area contributed by atoms with Crippen molar-refractivity contribution in [3.05, 3.63) is 46.8 Å². The first-order valence-electron chi connectivity index (χ1n) is 5.67. The SMILES string of the molecule is Cc1ccc2c(oc3c(F)c(C)ccc32)c1C. The van der Waals surface area contributed by atoms with Crippen LogP contribution in [0.1, 0.15) is 16.7 Å². The molecule has 0 radical (unpaired) electrons. The topological polar surface area (TPSA) is 13.1 Å². The van der Waals surface area contributed by atoms with Gasteiger partial charge in [-0.15, -0.1) is 0 Å². The second-order valence-corrected chi connectivity index (χ2v) is 4.56. The van der Waals surface area contributed by atoms with E-state index in [-0.39, 0.29) is 5.82 Å². The van der Waals surface area contributed by atoms with E-state index in [0.717, 1.165) is 27.5 Å². The fourth-order valence-electron chi connectivity index (χ4n) is 2.20. The molecule has 2 aromatic carbocycles. The quantitative estimate of drug-likeness (QED) is 0.546. The van der Waals surface area contributed by atoms with Crippen molar-refractivity contribution < 1.29 is 8.81 Å². The maximum atomic E-state index is 14.0. The van der Waals surface area contributed by atoms with E-state index in [4.69, 9.17) is 4.42 Å². The van der Waals surface area contributed by atoms with Crippen LogP contribution in [0.5, 0.6) is 0 Å². The van der Waals surface area contributed by atoms with Gasteiger partial charge in [0, 0.05) is 10.8 Å². The van der Waals surface area contributed by atoms with Crippen LogP contribution >= 0.6 is 0 Å². The molecule has 3 aromatic rings. The Hall–Kier alpha value is -1.83. The maximum absolute atomic E-state index is 14.0. The van der Waals surface area contributed by atoms with Crippen LogP contribution in [0, 0.1) is 26.6 Å². The molecule has 1 aromatic heterocycles. The van der Waals surface area contributed by atoms with Crippen LogP contribution in [0.25, 0.3) is 21.9 Å². The Kier molecular flexibility index (Phi) is 2.02. The molecule has 3 rings (SSSR count). The molecule has 2 heteroatoms. The van der Waals surface area contributed by atoms with Gasteiger partial charge in [-0.1, -0.05) is 24.3 Å². The molecule has 0 aliphatic rings. The molecular weight excluding hydrogens is 215 g/mol. The fraction of sp³-hybridized carbons (Fsp3) is 0.200. The third-order valence-corrected chi connectivity index (χ3v) is 3.46. The van der Waals surface area contributed by atoms with Gasteiger partial charge in [-0.3, -0.25) is 0 Å². The first kappa shape index (κ1) is 10.3. The molecule has 0 aliphatic carbocycles. The number of halogens is 1. The van der Waals surface area contributed by atoms with Gasteiger partial charge in [-0.05, 0) is 37.5 Å². The van der Waals surface area contributed by atoms with Crippen LogP contribution < -0.4 is 0 Å². The molecule has 1 heterocycles. The lowest BCUT2D eigenvalue weighted by Crippen LogP contribution is -1.81. The highest BCUT2D eigenvalue weighted by Gasteiger charge is 2.14. The zero-order valence-corrected chi connectivity index (χ0v) is 10.1. The van der Waals surface area contributed by atoms with E-state index in [9.17, 15) is 4.39 Å². The van der Waals surface area contributed by atoms with E-state index >= 15 is 0 Å². The summed E-state index contributed by atoms with van der Waals surface area (Å²) >= 11 is 0. The van der Waals surface area contributed by atoms with Crippen LogP contribution in [0.15, 0.2) is 28.7 Å². The van der Waals surface area contributed by atoms with Gasteiger partial charge in [0.05, 0.1) is 0 Å². The van der Waals surface area contributed by atoms with Gasteiger partial charge in [0.1, 0.15) is 5.58 Å². The van der Waals surface area contributed by atoms with Crippen LogP contribution in [-0.4, -0.2) is 0 Å². The second-order valence-electron chi connectivity index (χ2n) is 4.56.